The summed E-state index contributed by atoms with van der Waals surface area (Å²) in [6.07, 6.45) is 3.51. The first-order valence-corrected chi connectivity index (χ1v) is 6.86. The van der Waals surface area contributed by atoms with E-state index < -0.39 is 0 Å². The fourth-order valence-electron chi connectivity index (χ4n) is 2.54. The van der Waals surface area contributed by atoms with Gasteiger partial charge in [-0.2, -0.15) is 0 Å². The minimum atomic E-state index is 0.221. The predicted octanol–water partition coefficient (Wildman–Crippen LogP) is 1.95. The second kappa shape index (κ2) is 5.71. The molecule has 17 heavy (non-hydrogen) atoms. The maximum atomic E-state index is 12.3. The number of ether oxygens (including phenoxy) is 1. The average molecular weight is 240 g/mol. The molecule has 4 heteroatoms. The number of likely N-dealkylation sites (tertiary alicyclic amines) is 1. The highest BCUT2D eigenvalue weighted by Crippen LogP contribution is 2.18. The number of carbonyl (C=O) groups excluding carboxylic acids is 1. The number of urea groups is 1. The van der Waals surface area contributed by atoms with Crippen LogP contribution >= 0.6 is 0 Å². The molecule has 98 valence electrons. The van der Waals surface area contributed by atoms with Crippen molar-refractivity contribution in [2.75, 3.05) is 32.8 Å². The third-order valence-electron chi connectivity index (χ3n) is 3.92. The van der Waals surface area contributed by atoms with Crippen molar-refractivity contribution in [1.82, 2.24) is 9.80 Å². The van der Waals surface area contributed by atoms with Crippen LogP contribution in [-0.4, -0.2) is 54.7 Å². The van der Waals surface area contributed by atoms with Gasteiger partial charge in [0.1, 0.15) is 0 Å². The summed E-state index contributed by atoms with van der Waals surface area (Å²) in [7, 11) is 0. The quantitative estimate of drug-likeness (QED) is 0.702. The normalized spacial score (nSPS) is 27.3. The van der Waals surface area contributed by atoms with Crippen molar-refractivity contribution in [2.24, 2.45) is 5.92 Å². The Kier molecular flexibility index (Phi) is 4.26. The maximum absolute atomic E-state index is 12.3. The molecule has 2 aliphatic heterocycles. The number of hydrogen-bond acceptors (Lipinski definition) is 2. The Morgan fingerprint density at radius 3 is 2.59 bits per heavy atom. The molecule has 2 aliphatic rings. The first kappa shape index (κ1) is 12.7. The molecule has 2 amide bonds. The maximum Gasteiger partial charge on any atom is 0.320 e. The molecule has 2 heterocycles. The molecule has 0 aromatic rings. The van der Waals surface area contributed by atoms with Crippen LogP contribution in [0.1, 0.15) is 33.1 Å². The molecule has 1 atom stereocenters. The lowest BCUT2D eigenvalue weighted by atomic mass is 9.99. The molecule has 0 radical (unpaired) electrons. The van der Waals surface area contributed by atoms with Crippen LogP contribution in [0.5, 0.6) is 0 Å². The summed E-state index contributed by atoms with van der Waals surface area (Å²) in [6.45, 7) is 8.43. The third-order valence-corrected chi connectivity index (χ3v) is 3.92. The summed E-state index contributed by atoms with van der Waals surface area (Å²) in [5.74, 6) is 0.770. The third kappa shape index (κ3) is 3.12. The number of hydrogen-bond donors (Lipinski definition) is 0. The Balaban J connectivity index is 1.86. The zero-order chi connectivity index (χ0) is 12.3. The minimum Gasteiger partial charge on any atom is -0.375 e. The molecule has 0 aromatic heterocycles. The van der Waals surface area contributed by atoms with Crippen LogP contribution in [0.2, 0.25) is 0 Å². The Labute approximate surface area is 104 Å². The highest BCUT2D eigenvalue weighted by molar-refractivity contribution is 5.74. The van der Waals surface area contributed by atoms with E-state index in [1.54, 1.807) is 0 Å². The Morgan fingerprint density at radius 2 is 1.94 bits per heavy atom. The molecular formula is C13H24N2O2. The van der Waals surface area contributed by atoms with E-state index in [0.29, 0.717) is 6.61 Å². The monoisotopic (exact) mass is 240 g/mol. The fourth-order valence-corrected chi connectivity index (χ4v) is 2.54. The first-order valence-electron chi connectivity index (χ1n) is 6.86. The highest BCUT2D eigenvalue weighted by Gasteiger charge is 2.28. The topological polar surface area (TPSA) is 32.8 Å². The van der Waals surface area contributed by atoms with Gasteiger partial charge < -0.3 is 14.5 Å². The molecule has 2 fully saturated rings. The smallest absolute Gasteiger partial charge is 0.320 e. The van der Waals surface area contributed by atoms with Crippen LogP contribution < -0.4 is 0 Å². The molecule has 2 saturated heterocycles. The molecule has 0 N–H and O–H groups in total. The lowest BCUT2D eigenvalue weighted by molar-refractivity contribution is -0.0214. The SMILES string of the molecule is CCC1CN(C(=O)N2CCC(C)CC2)CCO1. The van der Waals surface area contributed by atoms with Gasteiger partial charge in [0.2, 0.25) is 0 Å². The lowest BCUT2D eigenvalue weighted by Gasteiger charge is -2.38. The molecule has 0 bridgehead atoms. The molecule has 0 spiro atoms. The van der Waals surface area contributed by atoms with Crippen molar-refractivity contribution in [3.63, 3.8) is 0 Å². The summed E-state index contributed by atoms with van der Waals surface area (Å²) in [6, 6.07) is 0.221. The van der Waals surface area contributed by atoms with Crippen molar-refractivity contribution < 1.29 is 9.53 Å². The second-order valence-electron chi connectivity index (χ2n) is 5.30. The van der Waals surface area contributed by atoms with Gasteiger partial charge >= 0.3 is 6.03 Å². The number of piperidine rings is 1. The van der Waals surface area contributed by atoms with E-state index in [2.05, 4.69) is 13.8 Å². The number of amides is 2. The Bertz CT molecular complexity index is 262. The molecule has 4 nitrogen and oxygen atoms in total. The fraction of sp³-hybridized carbons (Fsp3) is 0.923. The molecular weight excluding hydrogens is 216 g/mol. The Hall–Kier alpha value is -0.770. The number of rotatable bonds is 1. The number of nitrogens with zero attached hydrogens (tertiary/aromatic N) is 2. The van der Waals surface area contributed by atoms with Crippen LogP contribution in [0.4, 0.5) is 4.79 Å². The van der Waals surface area contributed by atoms with Crippen molar-refractivity contribution in [2.45, 2.75) is 39.2 Å². The van der Waals surface area contributed by atoms with E-state index in [1.807, 2.05) is 9.80 Å². The molecule has 0 saturated carbocycles. The van der Waals surface area contributed by atoms with E-state index in [9.17, 15) is 4.79 Å². The van der Waals surface area contributed by atoms with Crippen molar-refractivity contribution >= 4 is 6.03 Å². The van der Waals surface area contributed by atoms with E-state index >= 15 is 0 Å². The molecule has 0 aliphatic carbocycles. The van der Waals surface area contributed by atoms with Crippen LogP contribution in [-0.2, 0) is 4.74 Å². The molecule has 0 aromatic carbocycles. The van der Waals surface area contributed by atoms with Gasteiger partial charge in [-0.15, -0.1) is 0 Å². The van der Waals surface area contributed by atoms with Gasteiger partial charge in [-0.3, -0.25) is 0 Å². The van der Waals surface area contributed by atoms with Gasteiger partial charge in [-0.1, -0.05) is 13.8 Å². The van der Waals surface area contributed by atoms with Gasteiger partial charge in [-0.25, -0.2) is 4.79 Å². The van der Waals surface area contributed by atoms with E-state index in [1.165, 1.54) is 0 Å². The molecule has 2 rings (SSSR count). The second-order valence-corrected chi connectivity index (χ2v) is 5.30. The van der Waals surface area contributed by atoms with Crippen molar-refractivity contribution in [3.05, 3.63) is 0 Å². The average Bonchev–Trinajstić information content (AvgIpc) is 2.39. The van der Waals surface area contributed by atoms with Gasteiger partial charge in [0.05, 0.1) is 12.7 Å². The summed E-state index contributed by atoms with van der Waals surface area (Å²) in [4.78, 5) is 16.3. The van der Waals surface area contributed by atoms with Gasteiger partial charge in [0.15, 0.2) is 0 Å². The zero-order valence-corrected chi connectivity index (χ0v) is 11.0. The summed E-state index contributed by atoms with van der Waals surface area (Å²) in [5, 5.41) is 0. The molecule has 1 unspecified atom stereocenters. The Morgan fingerprint density at radius 1 is 1.24 bits per heavy atom. The van der Waals surface area contributed by atoms with Crippen LogP contribution in [0, 0.1) is 5.92 Å². The zero-order valence-electron chi connectivity index (χ0n) is 11.0. The van der Waals surface area contributed by atoms with Gasteiger partial charge in [-0.05, 0) is 25.2 Å². The van der Waals surface area contributed by atoms with Crippen LogP contribution in [0.25, 0.3) is 0 Å². The van der Waals surface area contributed by atoms with Crippen LogP contribution in [0.15, 0.2) is 0 Å². The first-order chi connectivity index (χ1) is 8.20. The minimum absolute atomic E-state index is 0.221. The number of carbonyl (C=O) groups is 1. The van der Waals surface area contributed by atoms with Gasteiger partial charge in [0.25, 0.3) is 0 Å². The summed E-state index contributed by atoms with van der Waals surface area (Å²) in [5.41, 5.74) is 0. The van der Waals surface area contributed by atoms with E-state index in [-0.39, 0.29) is 12.1 Å². The van der Waals surface area contributed by atoms with Crippen LogP contribution in [0.3, 0.4) is 0 Å². The number of morpholine rings is 1. The predicted molar refractivity (Wildman–Crippen MR) is 67.0 cm³/mol. The van der Waals surface area contributed by atoms with Crippen molar-refractivity contribution in [1.29, 1.82) is 0 Å². The van der Waals surface area contributed by atoms with E-state index in [4.69, 9.17) is 4.74 Å². The summed E-state index contributed by atoms with van der Waals surface area (Å²) >= 11 is 0. The largest absolute Gasteiger partial charge is 0.375 e. The van der Waals surface area contributed by atoms with E-state index in [0.717, 1.165) is 51.4 Å². The highest BCUT2D eigenvalue weighted by atomic mass is 16.5. The lowest BCUT2D eigenvalue weighted by Crippen LogP contribution is -2.52. The standard InChI is InChI=1S/C13H24N2O2/c1-3-12-10-15(8-9-17-12)13(16)14-6-4-11(2)5-7-14/h11-12H,3-10H2,1-2H3. The van der Waals surface area contributed by atoms with Crippen molar-refractivity contribution in [3.8, 4) is 0 Å². The summed E-state index contributed by atoms with van der Waals surface area (Å²) < 4.78 is 5.60. The van der Waals surface area contributed by atoms with Gasteiger partial charge in [0, 0.05) is 26.2 Å².